The van der Waals surface area contributed by atoms with E-state index in [2.05, 4.69) is 10.1 Å². The average molecular weight is 186 g/mol. The van der Waals surface area contributed by atoms with Gasteiger partial charge in [-0.25, -0.2) is 4.79 Å². The van der Waals surface area contributed by atoms with Crippen LogP contribution in [0.4, 0.5) is 4.79 Å². The molecule has 1 N–H and O–H groups in total. The van der Waals surface area contributed by atoms with Gasteiger partial charge in [-0.05, 0) is 6.92 Å². The molecule has 0 aromatic carbocycles. The Labute approximate surface area is 77.0 Å². The molecule has 74 valence electrons. The molecule has 13 heavy (non-hydrogen) atoms. The third-order valence-electron chi connectivity index (χ3n) is 2.11. The Balaban J connectivity index is 2.42. The zero-order valence-corrected chi connectivity index (χ0v) is 7.87. The number of esters is 1. The van der Waals surface area contributed by atoms with Crippen molar-refractivity contribution in [1.29, 1.82) is 0 Å². The van der Waals surface area contributed by atoms with Crippen molar-refractivity contribution >= 4 is 12.0 Å². The van der Waals surface area contributed by atoms with E-state index in [1.54, 1.807) is 4.90 Å². The van der Waals surface area contributed by atoms with Gasteiger partial charge in [-0.1, -0.05) is 0 Å². The van der Waals surface area contributed by atoms with Crippen LogP contribution in [-0.2, 0) is 9.53 Å². The largest absolute Gasteiger partial charge is 0.469 e. The van der Waals surface area contributed by atoms with Crippen LogP contribution in [0, 0.1) is 0 Å². The summed E-state index contributed by atoms with van der Waals surface area (Å²) in [6.07, 6.45) is 0.254. The first-order chi connectivity index (χ1) is 6.15. The minimum Gasteiger partial charge on any atom is -0.469 e. The second-order valence-electron chi connectivity index (χ2n) is 3.05. The Morgan fingerprint density at radius 1 is 1.77 bits per heavy atom. The first kappa shape index (κ1) is 9.83. The molecule has 5 heteroatoms. The molecule has 1 atom stereocenters. The monoisotopic (exact) mass is 186 g/mol. The molecule has 5 nitrogen and oxygen atoms in total. The van der Waals surface area contributed by atoms with Gasteiger partial charge in [-0.2, -0.15) is 0 Å². The molecule has 1 unspecified atom stereocenters. The molecular formula is C8H14N2O3. The summed E-state index contributed by atoms with van der Waals surface area (Å²) < 4.78 is 4.52. The number of amides is 2. The van der Waals surface area contributed by atoms with Gasteiger partial charge in [-0.15, -0.1) is 0 Å². The predicted molar refractivity (Wildman–Crippen MR) is 46.2 cm³/mol. The molecule has 0 aromatic heterocycles. The number of hydrogen-bond acceptors (Lipinski definition) is 3. The van der Waals surface area contributed by atoms with Crippen molar-refractivity contribution in [1.82, 2.24) is 10.2 Å². The third kappa shape index (κ3) is 2.34. The zero-order chi connectivity index (χ0) is 9.84. The molecule has 1 aliphatic rings. The van der Waals surface area contributed by atoms with Gasteiger partial charge in [-0.3, -0.25) is 4.79 Å². The van der Waals surface area contributed by atoms with Gasteiger partial charge in [0, 0.05) is 19.1 Å². The van der Waals surface area contributed by atoms with Gasteiger partial charge in [0.1, 0.15) is 0 Å². The Hall–Kier alpha value is -1.26. The first-order valence-electron chi connectivity index (χ1n) is 4.26. The highest BCUT2D eigenvalue weighted by Crippen LogP contribution is 2.07. The van der Waals surface area contributed by atoms with E-state index in [0.29, 0.717) is 13.1 Å². The van der Waals surface area contributed by atoms with Crippen molar-refractivity contribution in [3.63, 3.8) is 0 Å². The fourth-order valence-electron chi connectivity index (χ4n) is 1.34. The molecule has 2 amide bonds. The number of methoxy groups -OCH3 is 1. The summed E-state index contributed by atoms with van der Waals surface area (Å²) in [6, 6.07) is -0.189. The van der Waals surface area contributed by atoms with Crippen LogP contribution in [0.15, 0.2) is 0 Å². The maximum absolute atomic E-state index is 11.1. The number of urea groups is 1. The number of carbonyl (C=O) groups is 2. The number of nitrogens with one attached hydrogen (secondary N) is 1. The van der Waals surface area contributed by atoms with Crippen molar-refractivity contribution in [2.45, 2.75) is 19.4 Å². The van der Waals surface area contributed by atoms with E-state index in [0.717, 1.165) is 0 Å². The zero-order valence-electron chi connectivity index (χ0n) is 7.87. The second kappa shape index (κ2) is 4.11. The number of nitrogens with zero attached hydrogens (tertiary/aromatic N) is 1. The minimum absolute atomic E-state index is 0.0880. The highest BCUT2D eigenvalue weighted by Gasteiger charge is 2.26. The third-order valence-corrected chi connectivity index (χ3v) is 2.11. The van der Waals surface area contributed by atoms with Crippen LogP contribution in [0.2, 0.25) is 0 Å². The smallest absolute Gasteiger partial charge is 0.317 e. The van der Waals surface area contributed by atoms with Gasteiger partial charge in [0.25, 0.3) is 0 Å². The lowest BCUT2D eigenvalue weighted by Gasteiger charge is -2.21. The average Bonchev–Trinajstić information content (AvgIpc) is 2.51. The van der Waals surface area contributed by atoms with Crippen LogP contribution >= 0.6 is 0 Å². The topological polar surface area (TPSA) is 58.6 Å². The second-order valence-corrected chi connectivity index (χ2v) is 3.05. The molecule has 1 fully saturated rings. The highest BCUT2D eigenvalue weighted by molar-refractivity contribution is 5.77. The highest BCUT2D eigenvalue weighted by atomic mass is 16.5. The fourth-order valence-corrected chi connectivity index (χ4v) is 1.34. The van der Waals surface area contributed by atoms with Gasteiger partial charge < -0.3 is 15.0 Å². The summed E-state index contributed by atoms with van der Waals surface area (Å²) in [4.78, 5) is 23.7. The van der Waals surface area contributed by atoms with Gasteiger partial charge in [0.15, 0.2) is 0 Å². The van der Waals surface area contributed by atoms with Gasteiger partial charge >= 0.3 is 12.0 Å². The van der Waals surface area contributed by atoms with Crippen molar-refractivity contribution in [3.8, 4) is 0 Å². The van der Waals surface area contributed by atoms with Crippen LogP contribution in [0.25, 0.3) is 0 Å². The van der Waals surface area contributed by atoms with Crippen LogP contribution in [0.3, 0.4) is 0 Å². The summed E-state index contributed by atoms with van der Waals surface area (Å²) >= 11 is 0. The fraction of sp³-hybridized carbons (Fsp3) is 0.750. The maximum atomic E-state index is 11.1. The molecule has 0 bridgehead atoms. The molecule has 0 saturated carbocycles. The van der Waals surface area contributed by atoms with Crippen molar-refractivity contribution in [2.24, 2.45) is 0 Å². The lowest BCUT2D eigenvalue weighted by molar-refractivity contribution is -0.141. The van der Waals surface area contributed by atoms with Crippen molar-refractivity contribution in [3.05, 3.63) is 0 Å². The van der Waals surface area contributed by atoms with Crippen LogP contribution < -0.4 is 5.32 Å². The van der Waals surface area contributed by atoms with Crippen molar-refractivity contribution in [2.75, 3.05) is 20.2 Å². The molecular weight excluding hydrogens is 172 g/mol. The predicted octanol–water partition coefficient (Wildman–Crippen LogP) is -0.0368. The molecule has 1 aliphatic heterocycles. The molecule has 0 aromatic rings. The van der Waals surface area contributed by atoms with E-state index in [1.165, 1.54) is 7.11 Å². The van der Waals surface area contributed by atoms with Crippen LogP contribution in [0.1, 0.15) is 13.3 Å². The quantitative estimate of drug-likeness (QED) is 0.629. The Bertz CT molecular complexity index is 217. The molecule has 1 heterocycles. The van der Waals surface area contributed by atoms with Crippen LogP contribution in [0.5, 0.6) is 0 Å². The summed E-state index contributed by atoms with van der Waals surface area (Å²) in [5.74, 6) is -0.285. The summed E-state index contributed by atoms with van der Waals surface area (Å²) in [7, 11) is 1.35. The number of rotatable bonds is 3. The normalized spacial score (nSPS) is 18.3. The Morgan fingerprint density at radius 3 is 2.92 bits per heavy atom. The maximum Gasteiger partial charge on any atom is 0.317 e. The Morgan fingerprint density at radius 2 is 2.46 bits per heavy atom. The molecule has 0 radical (unpaired) electrons. The summed E-state index contributed by atoms with van der Waals surface area (Å²) in [5.41, 5.74) is 0. The minimum atomic E-state index is -0.285. The first-order valence-corrected chi connectivity index (χ1v) is 4.26. The summed E-state index contributed by atoms with van der Waals surface area (Å²) in [5, 5.41) is 2.68. The standard InChI is InChI=1S/C8H14N2O3/c1-6(5-7(11)13-2)10-4-3-9-8(10)12/h6H,3-5H2,1-2H3,(H,9,12). The summed E-state index contributed by atoms with van der Waals surface area (Å²) in [6.45, 7) is 3.16. The number of ether oxygens (including phenoxy) is 1. The Kier molecular flexibility index (Phi) is 3.11. The molecule has 0 aliphatic carbocycles. The van der Waals surface area contributed by atoms with Crippen molar-refractivity contribution < 1.29 is 14.3 Å². The van der Waals surface area contributed by atoms with E-state index < -0.39 is 0 Å². The molecule has 1 saturated heterocycles. The number of carbonyl (C=O) groups excluding carboxylic acids is 2. The lowest BCUT2D eigenvalue weighted by atomic mass is 10.2. The molecule has 0 spiro atoms. The van der Waals surface area contributed by atoms with E-state index in [4.69, 9.17) is 0 Å². The van der Waals surface area contributed by atoms with E-state index in [1.807, 2.05) is 6.92 Å². The van der Waals surface area contributed by atoms with Crippen LogP contribution in [-0.4, -0.2) is 43.1 Å². The van der Waals surface area contributed by atoms with E-state index in [9.17, 15) is 9.59 Å². The van der Waals surface area contributed by atoms with Gasteiger partial charge in [0.05, 0.1) is 13.5 Å². The van der Waals surface area contributed by atoms with E-state index in [-0.39, 0.29) is 24.5 Å². The molecule has 1 rings (SSSR count). The van der Waals surface area contributed by atoms with E-state index >= 15 is 0 Å². The lowest BCUT2D eigenvalue weighted by Crippen LogP contribution is -2.37. The number of hydrogen-bond donors (Lipinski definition) is 1. The SMILES string of the molecule is COC(=O)CC(C)N1CCNC1=O. The van der Waals surface area contributed by atoms with Gasteiger partial charge in [0.2, 0.25) is 0 Å².